The van der Waals surface area contributed by atoms with Crippen LogP contribution in [0.4, 0.5) is 0 Å². The first kappa shape index (κ1) is 20.7. The summed E-state index contributed by atoms with van der Waals surface area (Å²) >= 11 is 0. The fourth-order valence-corrected chi connectivity index (χ4v) is 2.58. The van der Waals surface area contributed by atoms with Crippen LogP contribution < -0.4 is 10.4 Å². The van der Waals surface area contributed by atoms with E-state index in [0.717, 1.165) is 5.57 Å². The minimum absolute atomic E-state index is 0.246. The standard InChI is InChI=1S/C20H24O7/c1-11(2)8-17(22)27-18(19(23)20(3,4)24)13-9-12-6-7-16(21)26-14(12)10-15(13)25-5/h6-10,18-19,23-24H,1-5H3. The van der Waals surface area contributed by atoms with Crippen molar-refractivity contribution in [2.75, 3.05) is 7.11 Å². The average molecular weight is 376 g/mol. The Kier molecular flexibility index (Phi) is 6.08. The highest BCUT2D eigenvalue weighted by Crippen LogP contribution is 2.36. The molecule has 2 rings (SSSR count). The highest BCUT2D eigenvalue weighted by molar-refractivity contribution is 5.83. The molecule has 0 amide bonds. The lowest BCUT2D eigenvalue weighted by Gasteiger charge is -2.32. The first-order valence-corrected chi connectivity index (χ1v) is 8.40. The number of fused-ring (bicyclic) bond motifs is 1. The summed E-state index contributed by atoms with van der Waals surface area (Å²) in [6, 6.07) is 5.88. The molecule has 1 aromatic carbocycles. The lowest BCUT2D eigenvalue weighted by Crippen LogP contribution is -2.42. The van der Waals surface area contributed by atoms with E-state index < -0.39 is 29.4 Å². The summed E-state index contributed by atoms with van der Waals surface area (Å²) in [7, 11) is 1.40. The van der Waals surface area contributed by atoms with Crippen molar-refractivity contribution in [2.45, 2.75) is 45.5 Å². The van der Waals surface area contributed by atoms with Crippen LogP contribution in [0.1, 0.15) is 39.4 Å². The first-order valence-electron chi connectivity index (χ1n) is 8.40. The summed E-state index contributed by atoms with van der Waals surface area (Å²) in [5.41, 5.74) is -0.720. The molecular weight excluding hydrogens is 352 g/mol. The van der Waals surface area contributed by atoms with E-state index in [1.54, 1.807) is 26.0 Å². The van der Waals surface area contributed by atoms with E-state index in [-0.39, 0.29) is 11.3 Å². The fraction of sp³-hybridized carbons (Fsp3) is 0.400. The molecule has 2 unspecified atom stereocenters. The Morgan fingerprint density at radius 2 is 1.93 bits per heavy atom. The molecular formula is C20H24O7. The molecule has 27 heavy (non-hydrogen) atoms. The molecule has 0 aliphatic carbocycles. The second-order valence-corrected chi connectivity index (χ2v) is 7.06. The van der Waals surface area contributed by atoms with Gasteiger partial charge >= 0.3 is 11.6 Å². The first-order chi connectivity index (χ1) is 12.5. The normalized spacial score (nSPS) is 13.7. The largest absolute Gasteiger partial charge is 0.496 e. The maximum absolute atomic E-state index is 12.2. The number of allylic oxidation sites excluding steroid dienone is 1. The molecule has 2 N–H and O–H groups in total. The number of carbonyl (C=O) groups excluding carboxylic acids is 1. The van der Waals surface area contributed by atoms with Crippen molar-refractivity contribution in [1.82, 2.24) is 0 Å². The third-order valence-corrected chi connectivity index (χ3v) is 3.94. The number of benzene rings is 1. The third-order valence-electron chi connectivity index (χ3n) is 3.94. The molecule has 2 atom stereocenters. The second-order valence-electron chi connectivity index (χ2n) is 7.06. The van der Waals surface area contributed by atoms with Gasteiger partial charge in [-0.1, -0.05) is 5.57 Å². The molecule has 0 spiro atoms. The van der Waals surface area contributed by atoms with Gasteiger partial charge in [0.1, 0.15) is 17.4 Å². The summed E-state index contributed by atoms with van der Waals surface area (Å²) in [6.45, 7) is 6.29. The molecule has 2 aromatic rings. The van der Waals surface area contributed by atoms with Crippen molar-refractivity contribution in [3.8, 4) is 5.75 Å². The van der Waals surface area contributed by atoms with Crippen LogP contribution in [0, 0.1) is 0 Å². The minimum atomic E-state index is -1.56. The highest BCUT2D eigenvalue weighted by atomic mass is 16.6. The molecule has 1 aromatic heterocycles. The Hall–Kier alpha value is -2.64. The topological polar surface area (TPSA) is 106 Å². The molecule has 0 aliphatic heterocycles. The fourth-order valence-electron chi connectivity index (χ4n) is 2.58. The van der Waals surface area contributed by atoms with Gasteiger partial charge in [-0.3, -0.25) is 0 Å². The Morgan fingerprint density at radius 3 is 2.48 bits per heavy atom. The number of rotatable bonds is 6. The predicted octanol–water partition coefficient (Wildman–Crippen LogP) is 2.48. The van der Waals surface area contributed by atoms with Crippen LogP contribution in [-0.2, 0) is 9.53 Å². The van der Waals surface area contributed by atoms with Gasteiger partial charge < -0.3 is 24.1 Å². The maximum Gasteiger partial charge on any atom is 0.336 e. The van der Waals surface area contributed by atoms with Crippen molar-refractivity contribution in [3.05, 3.63) is 51.9 Å². The number of hydrogen-bond donors (Lipinski definition) is 2. The zero-order valence-electron chi connectivity index (χ0n) is 16.0. The van der Waals surface area contributed by atoms with Gasteiger partial charge in [0.25, 0.3) is 0 Å². The van der Waals surface area contributed by atoms with E-state index in [4.69, 9.17) is 13.9 Å². The quantitative estimate of drug-likeness (QED) is 0.453. The summed E-state index contributed by atoms with van der Waals surface area (Å²) in [5.74, 6) is -0.416. The second kappa shape index (κ2) is 7.94. The zero-order valence-corrected chi connectivity index (χ0v) is 16.0. The Balaban J connectivity index is 2.62. The van der Waals surface area contributed by atoms with Crippen molar-refractivity contribution >= 4 is 16.9 Å². The molecule has 1 heterocycles. The van der Waals surface area contributed by atoms with E-state index in [9.17, 15) is 19.8 Å². The Labute approximate surface area is 156 Å². The average Bonchev–Trinajstić information content (AvgIpc) is 2.56. The molecule has 0 radical (unpaired) electrons. The number of ether oxygens (including phenoxy) is 2. The lowest BCUT2D eigenvalue weighted by atomic mass is 9.91. The van der Waals surface area contributed by atoms with E-state index in [2.05, 4.69) is 0 Å². The van der Waals surface area contributed by atoms with Crippen LogP contribution >= 0.6 is 0 Å². The van der Waals surface area contributed by atoms with E-state index >= 15 is 0 Å². The number of methoxy groups -OCH3 is 1. The molecule has 146 valence electrons. The number of esters is 1. The van der Waals surface area contributed by atoms with Crippen LogP contribution in [0.2, 0.25) is 0 Å². The highest BCUT2D eigenvalue weighted by Gasteiger charge is 2.37. The van der Waals surface area contributed by atoms with Crippen molar-refractivity contribution in [2.24, 2.45) is 0 Å². The summed E-state index contributed by atoms with van der Waals surface area (Å²) < 4.78 is 15.9. The monoisotopic (exact) mass is 376 g/mol. The summed E-state index contributed by atoms with van der Waals surface area (Å²) in [4.78, 5) is 23.6. The molecule has 0 bridgehead atoms. The number of aliphatic hydroxyl groups is 2. The van der Waals surface area contributed by atoms with E-state index in [1.807, 2.05) is 0 Å². The van der Waals surface area contributed by atoms with Crippen molar-refractivity contribution in [1.29, 1.82) is 0 Å². The number of hydrogen-bond acceptors (Lipinski definition) is 7. The molecule has 0 aliphatic rings. The molecule has 0 saturated carbocycles. The van der Waals surface area contributed by atoms with Gasteiger partial charge in [-0.15, -0.1) is 0 Å². The SMILES string of the molecule is COc1cc2oc(=O)ccc2cc1C(OC(=O)C=C(C)C)C(O)C(C)(C)O. The zero-order chi connectivity index (χ0) is 20.4. The molecule has 0 fully saturated rings. The van der Waals surface area contributed by atoms with Crippen LogP contribution in [0.5, 0.6) is 5.75 Å². The van der Waals surface area contributed by atoms with Gasteiger partial charge in [0.05, 0.1) is 12.7 Å². The van der Waals surface area contributed by atoms with Gasteiger partial charge in [-0.05, 0) is 39.8 Å². The van der Waals surface area contributed by atoms with Crippen LogP contribution in [0.25, 0.3) is 11.0 Å². The van der Waals surface area contributed by atoms with Crippen LogP contribution in [0.15, 0.2) is 45.1 Å². The predicted molar refractivity (Wildman–Crippen MR) is 99.6 cm³/mol. The number of carbonyl (C=O) groups is 1. The lowest BCUT2D eigenvalue weighted by molar-refractivity contribution is -0.162. The Bertz CT molecular complexity index is 914. The molecule has 7 nitrogen and oxygen atoms in total. The van der Waals surface area contributed by atoms with E-state index in [1.165, 1.54) is 39.2 Å². The van der Waals surface area contributed by atoms with Crippen molar-refractivity contribution < 1.29 is 28.9 Å². The van der Waals surface area contributed by atoms with Gasteiger partial charge in [0, 0.05) is 29.2 Å². The number of aliphatic hydroxyl groups excluding tert-OH is 1. The Morgan fingerprint density at radius 1 is 1.26 bits per heavy atom. The molecule has 0 saturated heterocycles. The van der Waals surface area contributed by atoms with Crippen molar-refractivity contribution in [3.63, 3.8) is 0 Å². The smallest absolute Gasteiger partial charge is 0.336 e. The van der Waals surface area contributed by atoms with E-state index in [0.29, 0.717) is 10.9 Å². The summed E-state index contributed by atoms with van der Waals surface area (Å²) in [5, 5.41) is 21.5. The van der Waals surface area contributed by atoms with Gasteiger partial charge in [0.2, 0.25) is 0 Å². The van der Waals surface area contributed by atoms with Gasteiger partial charge in [-0.25, -0.2) is 9.59 Å². The third kappa shape index (κ3) is 4.96. The minimum Gasteiger partial charge on any atom is -0.496 e. The van der Waals surface area contributed by atoms with Gasteiger partial charge in [0.15, 0.2) is 6.10 Å². The van der Waals surface area contributed by atoms with Crippen LogP contribution in [0.3, 0.4) is 0 Å². The maximum atomic E-state index is 12.2. The van der Waals surface area contributed by atoms with Crippen LogP contribution in [-0.4, -0.2) is 35.0 Å². The summed E-state index contributed by atoms with van der Waals surface area (Å²) in [6.07, 6.45) is -1.36. The molecule has 7 heteroatoms. The van der Waals surface area contributed by atoms with Gasteiger partial charge in [-0.2, -0.15) is 0 Å².